The van der Waals surface area contributed by atoms with E-state index in [1.807, 2.05) is 13.8 Å². The monoisotopic (exact) mass is 290 g/mol. The summed E-state index contributed by atoms with van der Waals surface area (Å²) in [6.45, 7) is 4.83. The molecule has 0 spiro atoms. The van der Waals surface area contributed by atoms with Gasteiger partial charge in [-0.3, -0.25) is 9.59 Å². The fourth-order valence-electron chi connectivity index (χ4n) is 1.65. The SMILES string of the molecule is CCOC(COC(=O)CCCCCCC(=O)O)OCC. The van der Waals surface area contributed by atoms with Crippen LogP contribution in [0.3, 0.4) is 0 Å². The van der Waals surface area contributed by atoms with E-state index in [0.29, 0.717) is 32.5 Å². The Labute approximate surface area is 120 Å². The average Bonchev–Trinajstić information content (AvgIpc) is 2.40. The summed E-state index contributed by atoms with van der Waals surface area (Å²) in [7, 11) is 0. The molecule has 0 bridgehead atoms. The molecule has 0 aromatic carbocycles. The Morgan fingerprint density at radius 1 is 0.950 bits per heavy atom. The van der Waals surface area contributed by atoms with Gasteiger partial charge in [-0.1, -0.05) is 12.8 Å². The predicted octanol–water partition coefficient (Wildman–Crippen LogP) is 2.35. The van der Waals surface area contributed by atoms with Crippen molar-refractivity contribution in [2.24, 2.45) is 0 Å². The van der Waals surface area contributed by atoms with Gasteiger partial charge in [0.2, 0.25) is 0 Å². The molecule has 0 aliphatic heterocycles. The van der Waals surface area contributed by atoms with Crippen molar-refractivity contribution in [1.29, 1.82) is 0 Å². The summed E-state index contributed by atoms with van der Waals surface area (Å²) in [5, 5.41) is 8.47. The first-order valence-electron chi connectivity index (χ1n) is 7.20. The second-order valence-corrected chi connectivity index (χ2v) is 4.33. The number of aliphatic carboxylic acids is 1. The highest BCUT2D eigenvalue weighted by Crippen LogP contribution is 2.07. The molecule has 0 saturated carbocycles. The molecule has 0 aromatic heterocycles. The van der Waals surface area contributed by atoms with Crippen LogP contribution in [0.4, 0.5) is 0 Å². The number of carbonyl (C=O) groups excluding carboxylic acids is 1. The first kappa shape index (κ1) is 18.9. The van der Waals surface area contributed by atoms with Crippen LogP contribution >= 0.6 is 0 Å². The lowest BCUT2D eigenvalue weighted by Crippen LogP contribution is -2.25. The maximum Gasteiger partial charge on any atom is 0.305 e. The van der Waals surface area contributed by atoms with Crippen LogP contribution < -0.4 is 0 Å². The normalized spacial score (nSPS) is 10.8. The third-order valence-electron chi connectivity index (χ3n) is 2.61. The number of carbonyl (C=O) groups is 2. The van der Waals surface area contributed by atoms with Crippen LogP contribution in [0.15, 0.2) is 0 Å². The summed E-state index contributed by atoms with van der Waals surface area (Å²) in [6.07, 6.45) is 3.06. The lowest BCUT2D eigenvalue weighted by molar-refractivity contribution is -0.179. The van der Waals surface area contributed by atoms with E-state index in [1.54, 1.807) is 0 Å². The molecule has 0 aromatic rings. The fourth-order valence-corrected chi connectivity index (χ4v) is 1.65. The third-order valence-corrected chi connectivity index (χ3v) is 2.61. The van der Waals surface area contributed by atoms with E-state index >= 15 is 0 Å². The molecule has 20 heavy (non-hydrogen) atoms. The molecule has 0 rings (SSSR count). The van der Waals surface area contributed by atoms with Gasteiger partial charge in [0.25, 0.3) is 0 Å². The molecule has 0 amide bonds. The summed E-state index contributed by atoms with van der Waals surface area (Å²) >= 11 is 0. The fraction of sp³-hybridized carbons (Fsp3) is 0.857. The van der Waals surface area contributed by atoms with Gasteiger partial charge in [0.15, 0.2) is 6.29 Å². The number of unbranched alkanes of at least 4 members (excludes halogenated alkanes) is 3. The molecule has 6 nitrogen and oxygen atoms in total. The van der Waals surface area contributed by atoms with Crippen molar-refractivity contribution in [2.45, 2.75) is 58.7 Å². The highest BCUT2D eigenvalue weighted by atomic mass is 16.7. The second-order valence-electron chi connectivity index (χ2n) is 4.33. The van der Waals surface area contributed by atoms with Crippen molar-refractivity contribution in [3.05, 3.63) is 0 Å². The van der Waals surface area contributed by atoms with Crippen molar-refractivity contribution < 1.29 is 28.9 Å². The summed E-state index contributed by atoms with van der Waals surface area (Å²) in [5.74, 6) is -1.05. The summed E-state index contributed by atoms with van der Waals surface area (Å²) < 4.78 is 15.6. The molecule has 0 fully saturated rings. The van der Waals surface area contributed by atoms with Gasteiger partial charge < -0.3 is 19.3 Å². The van der Waals surface area contributed by atoms with Crippen LogP contribution in [0.25, 0.3) is 0 Å². The maximum absolute atomic E-state index is 11.5. The van der Waals surface area contributed by atoms with E-state index in [-0.39, 0.29) is 19.0 Å². The van der Waals surface area contributed by atoms with Crippen LogP contribution in [-0.4, -0.2) is 43.2 Å². The minimum atomic E-state index is -0.776. The van der Waals surface area contributed by atoms with Gasteiger partial charge in [-0.05, 0) is 26.7 Å². The van der Waals surface area contributed by atoms with Crippen LogP contribution in [0.1, 0.15) is 52.4 Å². The maximum atomic E-state index is 11.5. The van der Waals surface area contributed by atoms with Gasteiger partial charge in [-0.15, -0.1) is 0 Å². The predicted molar refractivity (Wildman–Crippen MR) is 73.3 cm³/mol. The van der Waals surface area contributed by atoms with Crippen molar-refractivity contribution in [3.8, 4) is 0 Å². The van der Waals surface area contributed by atoms with Gasteiger partial charge in [-0.2, -0.15) is 0 Å². The molecule has 0 atom stereocenters. The highest BCUT2D eigenvalue weighted by molar-refractivity contribution is 5.69. The number of hydrogen-bond acceptors (Lipinski definition) is 5. The molecule has 1 N–H and O–H groups in total. The molecule has 0 saturated heterocycles. The summed E-state index contributed by atoms with van der Waals surface area (Å²) in [5.41, 5.74) is 0. The quantitative estimate of drug-likeness (QED) is 0.318. The zero-order valence-corrected chi connectivity index (χ0v) is 12.4. The summed E-state index contributed by atoms with van der Waals surface area (Å²) in [4.78, 5) is 21.8. The van der Waals surface area contributed by atoms with E-state index in [4.69, 9.17) is 19.3 Å². The molecular formula is C14H26O6. The number of ether oxygens (including phenoxy) is 3. The average molecular weight is 290 g/mol. The zero-order chi connectivity index (χ0) is 15.2. The molecule has 6 heteroatoms. The van der Waals surface area contributed by atoms with Crippen LogP contribution in [0.5, 0.6) is 0 Å². The van der Waals surface area contributed by atoms with Gasteiger partial charge >= 0.3 is 11.9 Å². The number of rotatable bonds is 13. The van der Waals surface area contributed by atoms with E-state index < -0.39 is 12.3 Å². The van der Waals surface area contributed by atoms with E-state index in [0.717, 1.165) is 12.8 Å². The molecule has 118 valence electrons. The largest absolute Gasteiger partial charge is 0.481 e. The van der Waals surface area contributed by atoms with Gasteiger partial charge in [0.1, 0.15) is 6.61 Å². The Bertz CT molecular complexity index is 260. The lowest BCUT2D eigenvalue weighted by Gasteiger charge is -2.16. The molecule has 0 aliphatic carbocycles. The van der Waals surface area contributed by atoms with Crippen molar-refractivity contribution in [3.63, 3.8) is 0 Å². The Kier molecular flexibility index (Phi) is 12.1. The van der Waals surface area contributed by atoms with Gasteiger partial charge in [-0.25, -0.2) is 0 Å². The zero-order valence-electron chi connectivity index (χ0n) is 12.4. The number of carboxylic acids is 1. The number of carboxylic acid groups (broad SMARTS) is 1. The first-order chi connectivity index (χ1) is 9.60. The Balaban J connectivity index is 3.54. The second kappa shape index (κ2) is 12.9. The molecule has 0 radical (unpaired) electrons. The van der Waals surface area contributed by atoms with E-state index in [9.17, 15) is 9.59 Å². The smallest absolute Gasteiger partial charge is 0.305 e. The van der Waals surface area contributed by atoms with Crippen LogP contribution in [0.2, 0.25) is 0 Å². The number of hydrogen-bond donors (Lipinski definition) is 1. The minimum Gasteiger partial charge on any atom is -0.481 e. The van der Waals surface area contributed by atoms with Crippen molar-refractivity contribution in [1.82, 2.24) is 0 Å². The highest BCUT2D eigenvalue weighted by Gasteiger charge is 2.11. The Morgan fingerprint density at radius 2 is 1.50 bits per heavy atom. The number of esters is 1. The standard InChI is InChI=1S/C14H26O6/c1-3-18-14(19-4-2)11-20-13(17)10-8-6-5-7-9-12(15)16/h14H,3-11H2,1-2H3,(H,15,16). The first-order valence-corrected chi connectivity index (χ1v) is 7.20. The molecular weight excluding hydrogens is 264 g/mol. The topological polar surface area (TPSA) is 82.1 Å². The molecule has 0 heterocycles. The van der Waals surface area contributed by atoms with E-state index in [2.05, 4.69) is 0 Å². The lowest BCUT2D eigenvalue weighted by atomic mass is 10.1. The van der Waals surface area contributed by atoms with Crippen molar-refractivity contribution >= 4 is 11.9 Å². The third kappa shape index (κ3) is 11.9. The van der Waals surface area contributed by atoms with Crippen molar-refractivity contribution in [2.75, 3.05) is 19.8 Å². The summed E-state index contributed by atoms with van der Waals surface area (Å²) in [6, 6.07) is 0. The van der Waals surface area contributed by atoms with Gasteiger partial charge in [0.05, 0.1) is 0 Å². The van der Waals surface area contributed by atoms with Crippen LogP contribution in [-0.2, 0) is 23.8 Å². The van der Waals surface area contributed by atoms with Gasteiger partial charge in [0, 0.05) is 26.1 Å². The Hall–Kier alpha value is -1.14. The molecule has 0 unspecified atom stereocenters. The molecule has 0 aliphatic rings. The van der Waals surface area contributed by atoms with Crippen LogP contribution in [0, 0.1) is 0 Å². The van der Waals surface area contributed by atoms with E-state index in [1.165, 1.54) is 0 Å². The minimum absolute atomic E-state index is 0.111. The Morgan fingerprint density at radius 3 is 2.00 bits per heavy atom.